The van der Waals surface area contributed by atoms with Crippen LogP contribution in [0.1, 0.15) is 24.5 Å². The number of rotatable bonds is 5. The van der Waals surface area contributed by atoms with Gasteiger partial charge in [0.2, 0.25) is 0 Å². The predicted molar refractivity (Wildman–Crippen MR) is 128 cm³/mol. The molecule has 0 N–H and O–H groups in total. The molecule has 1 aliphatic rings. The average Bonchev–Trinajstić information content (AvgIpc) is 3.26. The van der Waals surface area contributed by atoms with E-state index in [-0.39, 0.29) is 11.1 Å². The molecule has 1 fully saturated rings. The van der Waals surface area contributed by atoms with Gasteiger partial charge < -0.3 is 4.57 Å². The highest BCUT2D eigenvalue weighted by molar-refractivity contribution is 8.18. The summed E-state index contributed by atoms with van der Waals surface area (Å²) < 4.78 is 2.22. The molecule has 2 amide bonds. The molecule has 0 atom stereocenters. The minimum Gasteiger partial charge on any atom is -0.342 e. The molecule has 1 aliphatic heterocycles. The minimum atomic E-state index is -0.192. The van der Waals surface area contributed by atoms with Gasteiger partial charge in [-0.1, -0.05) is 67.6 Å². The largest absolute Gasteiger partial charge is 0.342 e. The second-order valence-corrected chi connectivity index (χ2v) is 8.69. The van der Waals surface area contributed by atoms with E-state index in [9.17, 15) is 9.59 Å². The first-order chi connectivity index (χ1) is 15.2. The molecule has 0 unspecified atom stereocenters. The molecule has 3 aromatic carbocycles. The highest BCUT2D eigenvalue weighted by Crippen LogP contribution is 2.34. The fourth-order valence-electron chi connectivity index (χ4n) is 4.19. The number of fused-ring (bicyclic) bond motifs is 2. The molecule has 5 heteroatoms. The van der Waals surface area contributed by atoms with Crippen LogP contribution in [0.4, 0.5) is 4.79 Å². The fraction of sp³-hybridized carbons (Fsp3) is 0.154. The Balaban J connectivity index is 1.56. The van der Waals surface area contributed by atoms with Crippen molar-refractivity contribution in [2.24, 2.45) is 0 Å². The molecule has 5 rings (SSSR count). The second kappa shape index (κ2) is 8.08. The van der Waals surface area contributed by atoms with Gasteiger partial charge in [0.25, 0.3) is 11.1 Å². The number of hydrogen-bond donors (Lipinski definition) is 0. The monoisotopic (exact) mass is 426 g/mol. The summed E-state index contributed by atoms with van der Waals surface area (Å²) in [4.78, 5) is 26.8. The molecule has 31 heavy (non-hydrogen) atoms. The third-order valence-corrected chi connectivity index (χ3v) is 6.55. The first kappa shape index (κ1) is 19.6. The molecule has 0 aliphatic carbocycles. The quantitative estimate of drug-likeness (QED) is 0.352. The van der Waals surface area contributed by atoms with Crippen molar-refractivity contribution in [1.29, 1.82) is 0 Å². The zero-order chi connectivity index (χ0) is 21.4. The van der Waals surface area contributed by atoms with E-state index in [0.29, 0.717) is 11.4 Å². The van der Waals surface area contributed by atoms with Gasteiger partial charge in [0.15, 0.2) is 0 Å². The Morgan fingerprint density at radius 2 is 1.65 bits per heavy atom. The van der Waals surface area contributed by atoms with E-state index in [2.05, 4.69) is 65.4 Å². The van der Waals surface area contributed by atoms with Crippen molar-refractivity contribution in [3.8, 4) is 0 Å². The third-order valence-electron chi connectivity index (χ3n) is 5.65. The molecule has 0 bridgehead atoms. The van der Waals surface area contributed by atoms with Gasteiger partial charge in [-0.15, -0.1) is 0 Å². The summed E-state index contributed by atoms with van der Waals surface area (Å²) in [5.74, 6) is -0.192. The maximum atomic E-state index is 12.7. The van der Waals surface area contributed by atoms with Crippen LogP contribution in [0.2, 0.25) is 0 Å². The standard InChI is InChI=1S/C26H22N2O2S/c1-2-14-28-25(29)24(31-26(28)30)15-20-17-27(23-13-6-5-12-22(20)23)16-19-10-7-9-18-8-3-4-11-21(18)19/h3-13,15,17H,2,14,16H2,1H3/b24-15+. The maximum absolute atomic E-state index is 12.7. The Kier molecular flexibility index (Phi) is 5.12. The van der Waals surface area contributed by atoms with Gasteiger partial charge in [-0.2, -0.15) is 0 Å². The molecule has 0 radical (unpaired) electrons. The van der Waals surface area contributed by atoms with E-state index < -0.39 is 0 Å². The van der Waals surface area contributed by atoms with Crippen LogP contribution in [-0.2, 0) is 11.3 Å². The smallest absolute Gasteiger partial charge is 0.293 e. The maximum Gasteiger partial charge on any atom is 0.293 e. The number of thioether (sulfide) groups is 1. The van der Waals surface area contributed by atoms with Crippen LogP contribution in [0, 0.1) is 0 Å². The van der Waals surface area contributed by atoms with Crippen LogP contribution >= 0.6 is 11.8 Å². The molecule has 0 spiro atoms. The number of carbonyl (C=O) groups excluding carboxylic acids is 2. The van der Waals surface area contributed by atoms with Crippen molar-refractivity contribution in [3.05, 3.63) is 89.0 Å². The van der Waals surface area contributed by atoms with Gasteiger partial charge in [0, 0.05) is 35.8 Å². The molecular weight excluding hydrogens is 404 g/mol. The summed E-state index contributed by atoms with van der Waals surface area (Å²) in [6.07, 6.45) is 4.71. The van der Waals surface area contributed by atoms with Gasteiger partial charge >= 0.3 is 0 Å². The Labute approximate surface area is 185 Å². The second-order valence-electron chi connectivity index (χ2n) is 7.70. The van der Waals surface area contributed by atoms with Crippen LogP contribution in [0.3, 0.4) is 0 Å². The van der Waals surface area contributed by atoms with Crippen LogP contribution in [-0.4, -0.2) is 27.2 Å². The van der Waals surface area contributed by atoms with Crippen molar-refractivity contribution < 1.29 is 9.59 Å². The van der Waals surface area contributed by atoms with E-state index >= 15 is 0 Å². The van der Waals surface area contributed by atoms with E-state index in [1.54, 1.807) is 0 Å². The third kappa shape index (κ3) is 3.55. The summed E-state index contributed by atoms with van der Waals surface area (Å²) in [7, 11) is 0. The summed E-state index contributed by atoms with van der Waals surface area (Å²) in [6.45, 7) is 3.16. The number of nitrogens with zero attached hydrogens (tertiary/aromatic N) is 2. The number of amides is 2. The van der Waals surface area contributed by atoms with Crippen molar-refractivity contribution in [3.63, 3.8) is 0 Å². The minimum absolute atomic E-state index is 0.183. The van der Waals surface area contributed by atoms with Gasteiger partial charge in [-0.05, 0) is 46.7 Å². The molecule has 4 aromatic rings. The van der Waals surface area contributed by atoms with Crippen LogP contribution in [0.25, 0.3) is 27.8 Å². The Bertz CT molecular complexity index is 1350. The molecular formula is C26H22N2O2S. The lowest BCUT2D eigenvalue weighted by Gasteiger charge is -2.09. The van der Waals surface area contributed by atoms with Gasteiger partial charge in [0.05, 0.1) is 4.91 Å². The van der Waals surface area contributed by atoms with Crippen molar-refractivity contribution in [2.75, 3.05) is 6.54 Å². The molecule has 2 heterocycles. The summed E-state index contributed by atoms with van der Waals surface area (Å²) in [5, 5.41) is 3.36. The highest BCUT2D eigenvalue weighted by Gasteiger charge is 2.34. The molecule has 4 nitrogen and oxygen atoms in total. The summed E-state index contributed by atoms with van der Waals surface area (Å²) >= 11 is 1.03. The van der Waals surface area contributed by atoms with Crippen LogP contribution < -0.4 is 0 Å². The summed E-state index contributed by atoms with van der Waals surface area (Å²) in [6, 6.07) is 23.0. The fourth-order valence-corrected chi connectivity index (χ4v) is 5.05. The Hall–Kier alpha value is -3.31. The van der Waals surface area contributed by atoms with E-state index in [4.69, 9.17) is 0 Å². The van der Waals surface area contributed by atoms with Gasteiger partial charge in [-0.3, -0.25) is 14.5 Å². The average molecular weight is 427 g/mol. The van der Waals surface area contributed by atoms with E-state index in [1.807, 2.05) is 25.1 Å². The van der Waals surface area contributed by atoms with Crippen molar-refractivity contribution in [2.45, 2.75) is 19.9 Å². The van der Waals surface area contributed by atoms with Crippen LogP contribution in [0.5, 0.6) is 0 Å². The number of benzene rings is 3. The first-order valence-electron chi connectivity index (χ1n) is 10.5. The lowest BCUT2D eigenvalue weighted by Crippen LogP contribution is -2.28. The molecule has 1 saturated heterocycles. The molecule has 1 aromatic heterocycles. The lowest BCUT2D eigenvalue weighted by molar-refractivity contribution is -0.122. The zero-order valence-electron chi connectivity index (χ0n) is 17.2. The van der Waals surface area contributed by atoms with Crippen molar-refractivity contribution >= 4 is 50.7 Å². The van der Waals surface area contributed by atoms with E-state index in [0.717, 1.165) is 41.2 Å². The number of para-hydroxylation sites is 1. The van der Waals surface area contributed by atoms with E-state index in [1.165, 1.54) is 21.2 Å². The number of aromatic nitrogens is 1. The lowest BCUT2D eigenvalue weighted by atomic mass is 10.0. The topological polar surface area (TPSA) is 42.3 Å². The van der Waals surface area contributed by atoms with Crippen LogP contribution in [0.15, 0.2) is 77.8 Å². The van der Waals surface area contributed by atoms with Crippen molar-refractivity contribution in [1.82, 2.24) is 9.47 Å². The van der Waals surface area contributed by atoms with Gasteiger partial charge in [0.1, 0.15) is 0 Å². The molecule has 154 valence electrons. The Morgan fingerprint density at radius 1 is 0.903 bits per heavy atom. The predicted octanol–water partition coefficient (Wildman–Crippen LogP) is 6.29. The normalized spacial score (nSPS) is 15.6. The Morgan fingerprint density at radius 3 is 2.48 bits per heavy atom. The highest BCUT2D eigenvalue weighted by atomic mass is 32.2. The summed E-state index contributed by atoms with van der Waals surface area (Å²) in [5.41, 5.74) is 3.31. The number of imide groups is 1. The zero-order valence-corrected chi connectivity index (χ0v) is 18.1. The number of carbonyl (C=O) groups is 2. The SMILES string of the molecule is CCCN1C(=O)S/C(=C/c2cn(Cc3cccc4ccccc34)c3ccccc23)C1=O. The molecule has 0 saturated carbocycles. The number of hydrogen-bond acceptors (Lipinski definition) is 3. The first-order valence-corrected chi connectivity index (χ1v) is 11.3. The van der Waals surface area contributed by atoms with Gasteiger partial charge in [-0.25, -0.2) is 0 Å².